The summed E-state index contributed by atoms with van der Waals surface area (Å²) in [6.45, 7) is 5.78. The molecule has 0 fully saturated rings. The Balaban J connectivity index is 1.97. The quantitative estimate of drug-likeness (QED) is 0.254. The van der Waals surface area contributed by atoms with E-state index in [1.54, 1.807) is 19.9 Å². The number of hydrogen-bond donors (Lipinski definition) is 0. The Morgan fingerprint density at radius 3 is 1.56 bits per heavy atom. The molecule has 0 N–H and O–H groups in total. The average Bonchev–Trinajstić information content (AvgIpc) is 2.61. The lowest BCUT2D eigenvalue weighted by molar-refractivity contribution is -0.116. The molecule has 0 spiro atoms. The van der Waals surface area contributed by atoms with Crippen LogP contribution in [0.15, 0.2) is 22.8 Å². The van der Waals surface area contributed by atoms with Crippen molar-refractivity contribution in [2.24, 2.45) is 0 Å². The molecule has 0 aromatic carbocycles. The number of ketones is 2. The van der Waals surface area contributed by atoms with Crippen LogP contribution in [0.3, 0.4) is 0 Å². The van der Waals surface area contributed by atoms with E-state index in [0.717, 1.165) is 24.8 Å². The first-order chi connectivity index (χ1) is 12.1. The highest BCUT2D eigenvalue weighted by molar-refractivity contribution is 6.22. The largest absolute Gasteiger partial charge is 0.290 e. The summed E-state index contributed by atoms with van der Waals surface area (Å²) in [4.78, 5) is 24.0. The smallest absolute Gasteiger partial charge is 0.185 e. The Morgan fingerprint density at radius 2 is 1.08 bits per heavy atom. The SMILES string of the molecule is CCCCCCCCCCCCCCCC1=CC(=O)C(C)=C(C)C1=O. The summed E-state index contributed by atoms with van der Waals surface area (Å²) >= 11 is 0. The Hall–Kier alpha value is -1.18. The molecule has 0 radical (unpaired) electrons. The van der Waals surface area contributed by atoms with E-state index in [4.69, 9.17) is 0 Å². The molecule has 1 rings (SSSR count). The summed E-state index contributed by atoms with van der Waals surface area (Å²) in [6, 6.07) is 0. The molecule has 0 aliphatic heterocycles. The number of Topliss-reactive ketones (excluding diaryl/α,β-unsaturated/α-hetero) is 1. The molecular weight excluding hydrogens is 308 g/mol. The van der Waals surface area contributed by atoms with Crippen LogP contribution >= 0.6 is 0 Å². The minimum atomic E-state index is 0.0156. The Labute approximate surface area is 155 Å². The van der Waals surface area contributed by atoms with Crippen molar-refractivity contribution < 1.29 is 9.59 Å². The predicted octanol–water partition coefficient (Wildman–Crippen LogP) is 6.88. The van der Waals surface area contributed by atoms with Gasteiger partial charge in [0.05, 0.1) is 0 Å². The summed E-state index contributed by atoms with van der Waals surface area (Å²) in [5, 5.41) is 0. The van der Waals surface area contributed by atoms with Crippen LogP contribution in [-0.4, -0.2) is 11.6 Å². The molecule has 1 aliphatic carbocycles. The zero-order valence-corrected chi connectivity index (χ0v) is 16.8. The van der Waals surface area contributed by atoms with Gasteiger partial charge in [0.2, 0.25) is 0 Å². The van der Waals surface area contributed by atoms with Gasteiger partial charge in [-0.3, -0.25) is 9.59 Å². The van der Waals surface area contributed by atoms with Crippen molar-refractivity contribution >= 4 is 11.6 Å². The van der Waals surface area contributed by atoms with E-state index in [9.17, 15) is 9.59 Å². The fraction of sp³-hybridized carbons (Fsp3) is 0.739. The van der Waals surface area contributed by atoms with Crippen molar-refractivity contribution in [3.05, 3.63) is 22.8 Å². The van der Waals surface area contributed by atoms with E-state index in [2.05, 4.69) is 6.92 Å². The summed E-state index contributed by atoms with van der Waals surface area (Å²) in [5.74, 6) is 0.0952. The molecule has 0 saturated carbocycles. The van der Waals surface area contributed by atoms with Crippen LogP contribution in [0.4, 0.5) is 0 Å². The van der Waals surface area contributed by atoms with E-state index in [-0.39, 0.29) is 11.6 Å². The topological polar surface area (TPSA) is 34.1 Å². The second-order valence-electron chi connectivity index (χ2n) is 7.61. The summed E-state index contributed by atoms with van der Waals surface area (Å²) in [5.41, 5.74) is 1.97. The monoisotopic (exact) mass is 346 g/mol. The number of carbonyl (C=O) groups excluding carboxylic acids is 2. The summed E-state index contributed by atoms with van der Waals surface area (Å²) in [7, 11) is 0. The van der Waals surface area contributed by atoms with Crippen molar-refractivity contribution in [2.45, 2.75) is 111 Å². The molecule has 0 aromatic rings. The maximum atomic E-state index is 12.2. The third-order valence-corrected chi connectivity index (χ3v) is 5.42. The molecule has 0 aromatic heterocycles. The number of allylic oxidation sites excluding steroid dienone is 4. The van der Waals surface area contributed by atoms with Crippen LogP contribution in [0.1, 0.15) is 111 Å². The Morgan fingerprint density at radius 1 is 0.640 bits per heavy atom. The van der Waals surface area contributed by atoms with E-state index in [1.165, 1.54) is 70.6 Å². The van der Waals surface area contributed by atoms with Gasteiger partial charge in [0.25, 0.3) is 0 Å². The zero-order valence-electron chi connectivity index (χ0n) is 16.8. The Kier molecular flexibility index (Phi) is 11.4. The molecule has 0 amide bonds. The van der Waals surface area contributed by atoms with Crippen LogP contribution in [0.2, 0.25) is 0 Å². The second-order valence-corrected chi connectivity index (χ2v) is 7.61. The van der Waals surface area contributed by atoms with Gasteiger partial charge in [-0.2, -0.15) is 0 Å². The lowest BCUT2D eigenvalue weighted by atomic mass is 9.88. The van der Waals surface area contributed by atoms with Crippen molar-refractivity contribution in [1.82, 2.24) is 0 Å². The highest BCUT2D eigenvalue weighted by atomic mass is 16.1. The maximum absolute atomic E-state index is 12.2. The van der Waals surface area contributed by atoms with Gasteiger partial charge in [0.1, 0.15) is 0 Å². The van der Waals surface area contributed by atoms with Gasteiger partial charge < -0.3 is 0 Å². The van der Waals surface area contributed by atoms with Gasteiger partial charge >= 0.3 is 0 Å². The molecule has 0 heterocycles. The van der Waals surface area contributed by atoms with Gasteiger partial charge in [-0.15, -0.1) is 0 Å². The third-order valence-electron chi connectivity index (χ3n) is 5.42. The fourth-order valence-corrected chi connectivity index (χ4v) is 3.45. The number of carbonyl (C=O) groups is 2. The third kappa shape index (κ3) is 8.65. The lowest BCUT2D eigenvalue weighted by Crippen LogP contribution is -2.16. The molecular formula is C23H38O2. The van der Waals surface area contributed by atoms with Gasteiger partial charge in [-0.05, 0) is 32.8 Å². The zero-order chi connectivity index (χ0) is 18.5. The minimum Gasteiger partial charge on any atom is -0.290 e. The Bertz CT molecular complexity index is 482. The van der Waals surface area contributed by atoms with E-state index < -0.39 is 0 Å². The molecule has 2 heteroatoms. The van der Waals surface area contributed by atoms with Crippen LogP contribution in [0.25, 0.3) is 0 Å². The highest BCUT2D eigenvalue weighted by Crippen LogP contribution is 2.23. The molecule has 0 saturated heterocycles. The fourth-order valence-electron chi connectivity index (χ4n) is 3.45. The first-order valence-electron chi connectivity index (χ1n) is 10.5. The van der Waals surface area contributed by atoms with Crippen molar-refractivity contribution in [3.63, 3.8) is 0 Å². The molecule has 1 aliphatic rings. The normalized spacial score (nSPS) is 15.1. The van der Waals surface area contributed by atoms with Gasteiger partial charge in [-0.1, -0.05) is 84.0 Å². The van der Waals surface area contributed by atoms with Crippen LogP contribution in [0.5, 0.6) is 0 Å². The molecule has 0 unspecified atom stereocenters. The van der Waals surface area contributed by atoms with Crippen molar-refractivity contribution in [2.75, 3.05) is 0 Å². The number of rotatable bonds is 14. The molecule has 0 bridgehead atoms. The molecule has 142 valence electrons. The second kappa shape index (κ2) is 13.1. The van der Waals surface area contributed by atoms with Gasteiger partial charge in [0, 0.05) is 16.7 Å². The molecule has 25 heavy (non-hydrogen) atoms. The first kappa shape index (κ1) is 21.9. The van der Waals surface area contributed by atoms with E-state index in [0.29, 0.717) is 11.1 Å². The van der Waals surface area contributed by atoms with Crippen molar-refractivity contribution in [3.8, 4) is 0 Å². The highest BCUT2D eigenvalue weighted by Gasteiger charge is 2.22. The molecule has 0 atom stereocenters. The van der Waals surface area contributed by atoms with Crippen LogP contribution in [-0.2, 0) is 9.59 Å². The minimum absolute atomic E-state index is 0.0156. The number of unbranched alkanes of at least 4 members (excludes halogenated alkanes) is 12. The van der Waals surface area contributed by atoms with Crippen LogP contribution in [0, 0.1) is 0 Å². The van der Waals surface area contributed by atoms with Crippen molar-refractivity contribution in [1.29, 1.82) is 0 Å². The van der Waals surface area contributed by atoms with Gasteiger partial charge in [-0.25, -0.2) is 0 Å². The summed E-state index contributed by atoms with van der Waals surface area (Å²) in [6.07, 6.45) is 19.5. The predicted molar refractivity (Wildman–Crippen MR) is 107 cm³/mol. The van der Waals surface area contributed by atoms with Gasteiger partial charge in [0.15, 0.2) is 11.6 Å². The lowest BCUT2D eigenvalue weighted by Gasteiger charge is -2.14. The summed E-state index contributed by atoms with van der Waals surface area (Å²) < 4.78 is 0. The van der Waals surface area contributed by atoms with Crippen LogP contribution < -0.4 is 0 Å². The standard InChI is InChI=1S/C23H38O2/c1-4-5-6-7-8-9-10-11-12-13-14-15-16-17-21-18-22(24)19(2)20(3)23(21)25/h18H,4-17H2,1-3H3. The maximum Gasteiger partial charge on any atom is 0.185 e. The van der Waals surface area contributed by atoms with E-state index in [1.807, 2.05) is 0 Å². The first-order valence-corrected chi connectivity index (χ1v) is 10.5. The average molecular weight is 347 g/mol. The van der Waals surface area contributed by atoms with E-state index >= 15 is 0 Å². The molecule has 2 nitrogen and oxygen atoms in total. The number of hydrogen-bond acceptors (Lipinski definition) is 2.